The van der Waals surface area contributed by atoms with E-state index in [9.17, 15) is 14.4 Å². The van der Waals surface area contributed by atoms with Crippen LogP contribution in [-0.4, -0.2) is 35.1 Å². The fraction of sp³-hybridized carbons (Fsp3) is 0.400. The van der Waals surface area contributed by atoms with Gasteiger partial charge in [0, 0.05) is 25.2 Å². The number of amides is 1. The van der Waals surface area contributed by atoms with Crippen LogP contribution in [0.3, 0.4) is 0 Å². The van der Waals surface area contributed by atoms with E-state index < -0.39 is 11.1 Å². The van der Waals surface area contributed by atoms with Gasteiger partial charge in [-0.15, -0.1) is 0 Å². The molecule has 3 N–H and O–H groups in total. The van der Waals surface area contributed by atoms with Crippen LogP contribution in [0.15, 0.2) is 27.8 Å². The van der Waals surface area contributed by atoms with E-state index in [1.807, 2.05) is 6.92 Å². The SMILES string of the molecule is CCNCCNC(=O)c1ccc2c(c1)[nH]c(=O)c(=O)n2CC. The highest BCUT2D eigenvalue weighted by molar-refractivity contribution is 5.97. The van der Waals surface area contributed by atoms with Gasteiger partial charge < -0.3 is 20.2 Å². The van der Waals surface area contributed by atoms with Crippen molar-refractivity contribution in [3.63, 3.8) is 0 Å². The molecule has 0 aliphatic rings. The molecule has 2 rings (SSSR count). The molecule has 0 radical (unpaired) electrons. The van der Waals surface area contributed by atoms with E-state index in [1.54, 1.807) is 25.1 Å². The summed E-state index contributed by atoms with van der Waals surface area (Å²) in [6.45, 7) is 6.25. The summed E-state index contributed by atoms with van der Waals surface area (Å²) in [6.07, 6.45) is 0. The Morgan fingerprint density at radius 3 is 2.68 bits per heavy atom. The Kier molecular flexibility index (Phi) is 5.11. The third-order valence-electron chi connectivity index (χ3n) is 3.39. The van der Waals surface area contributed by atoms with E-state index in [1.165, 1.54) is 4.57 Å². The third-order valence-corrected chi connectivity index (χ3v) is 3.39. The third kappa shape index (κ3) is 3.25. The van der Waals surface area contributed by atoms with Crippen molar-refractivity contribution in [3.8, 4) is 0 Å². The van der Waals surface area contributed by atoms with Crippen molar-refractivity contribution >= 4 is 16.9 Å². The van der Waals surface area contributed by atoms with Gasteiger partial charge in [-0.3, -0.25) is 14.4 Å². The van der Waals surface area contributed by atoms with Crippen molar-refractivity contribution in [2.45, 2.75) is 20.4 Å². The lowest BCUT2D eigenvalue weighted by Crippen LogP contribution is -2.36. The molecule has 1 heterocycles. The first-order chi connectivity index (χ1) is 10.6. The van der Waals surface area contributed by atoms with Crippen LogP contribution in [0, 0.1) is 0 Å². The fourth-order valence-electron chi connectivity index (χ4n) is 2.28. The Bertz CT molecular complexity index is 791. The first-order valence-corrected chi connectivity index (χ1v) is 7.34. The minimum atomic E-state index is -0.681. The molecule has 1 aromatic heterocycles. The highest BCUT2D eigenvalue weighted by atomic mass is 16.2. The van der Waals surface area contributed by atoms with Gasteiger partial charge in [0.2, 0.25) is 0 Å². The van der Waals surface area contributed by atoms with Crippen LogP contribution in [0.1, 0.15) is 24.2 Å². The number of H-pyrrole nitrogens is 1. The molecule has 1 aromatic carbocycles. The molecule has 1 amide bonds. The lowest BCUT2D eigenvalue weighted by atomic mass is 10.1. The average Bonchev–Trinajstić information content (AvgIpc) is 2.52. The number of aromatic nitrogens is 2. The molecule has 2 aromatic rings. The monoisotopic (exact) mass is 304 g/mol. The van der Waals surface area contributed by atoms with Crippen LogP contribution in [0.25, 0.3) is 11.0 Å². The van der Waals surface area contributed by atoms with Crippen molar-refractivity contribution in [1.29, 1.82) is 0 Å². The van der Waals surface area contributed by atoms with Gasteiger partial charge in [-0.25, -0.2) is 0 Å². The van der Waals surface area contributed by atoms with E-state index >= 15 is 0 Å². The number of carbonyl (C=O) groups is 1. The van der Waals surface area contributed by atoms with Crippen molar-refractivity contribution in [3.05, 3.63) is 44.5 Å². The molecule has 0 spiro atoms. The van der Waals surface area contributed by atoms with Gasteiger partial charge in [-0.05, 0) is 31.7 Å². The number of hydrogen-bond acceptors (Lipinski definition) is 4. The first kappa shape index (κ1) is 16.0. The normalized spacial score (nSPS) is 10.8. The van der Waals surface area contributed by atoms with Gasteiger partial charge in [0.25, 0.3) is 5.91 Å². The van der Waals surface area contributed by atoms with Crippen LogP contribution in [0.2, 0.25) is 0 Å². The van der Waals surface area contributed by atoms with Crippen LogP contribution in [0.5, 0.6) is 0 Å². The number of fused-ring (bicyclic) bond motifs is 1. The highest BCUT2D eigenvalue weighted by Crippen LogP contribution is 2.11. The summed E-state index contributed by atoms with van der Waals surface area (Å²) >= 11 is 0. The molecular formula is C15H20N4O3. The molecular weight excluding hydrogens is 284 g/mol. The molecule has 0 saturated heterocycles. The fourth-order valence-corrected chi connectivity index (χ4v) is 2.28. The second-order valence-corrected chi connectivity index (χ2v) is 4.84. The van der Waals surface area contributed by atoms with Crippen molar-refractivity contribution < 1.29 is 4.79 Å². The van der Waals surface area contributed by atoms with E-state index in [2.05, 4.69) is 15.6 Å². The zero-order valence-corrected chi connectivity index (χ0v) is 12.7. The molecule has 0 aliphatic carbocycles. The summed E-state index contributed by atoms with van der Waals surface area (Å²) < 4.78 is 1.39. The maximum absolute atomic E-state index is 12.1. The van der Waals surface area contributed by atoms with E-state index in [4.69, 9.17) is 0 Å². The number of aromatic amines is 1. The Morgan fingerprint density at radius 2 is 2.00 bits per heavy atom. The number of carbonyl (C=O) groups excluding carboxylic acids is 1. The maximum atomic E-state index is 12.1. The second kappa shape index (κ2) is 7.04. The van der Waals surface area contributed by atoms with Gasteiger partial charge >= 0.3 is 11.1 Å². The summed E-state index contributed by atoms with van der Waals surface area (Å²) in [7, 11) is 0. The average molecular weight is 304 g/mol. The minimum Gasteiger partial charge on any atom is -0.351 e. The zero-order valence-electron chi connectivity index (χ0n) is 12.7. The van der Waals surface area contributed by atoms with Gasteiger partial charge in [0.1, 0.15) is 0 Å². The molecule has 0 aliphatic heterocycles. The molecule has 22 heavy (non-hydrogen) atoms. The number of nitrogens with one attached hydrogen (secondary N) is 3. The number of benzene rings is 1. The molecule has 0 atom stereocenters. The van der Waals surface area contributed by atoms with Crippen LogP contribution in [0.4, 0.5) is 0 Å². The van der Waals surface area contributed by atoms with E-state index in [-0.39, 0.29) is 5.91 Å². The lowest BCUT2D eigenvalue weighted by molar-refractivity contribution is 0.0954. The highest BCUT2D eigenvalue weighted by Gasteiger charge is 2.10. The first-order valence-electron chi connectivity index (χ1n) is 7.34. The summed E-state index contributed by atoms with van der Waals surface area (Å²) in [5.74, 6) is -0.213. The summed E-state index contributed by atoms with van der Waals surface area (Å²) in [4.78, 5) is 38.0. The molecule has 0 unspecified atom stereocenters. The predicted octanol–water partition coefficient (Wildman–Crippen LogP) is 0.0490. The topological polar surface area (TPSA) is 96.0 Å². The van der Waals surface area contributed by atoms with Crippen molar-refractivity contribution in [2.24, 2.45) is 0 Å². The summed E-state index contributed by atoms with van der Waals surface area (Å²) in [5.41, 5.74) is 0.264. The molecule has 0 bridgehead atoms. The molecule has 0 saturated carbocycles. The summed E-state index contributed by atoms with van der Waals surface area (Å²) in [5, 5.41) is 5.90. The zero-order chi connectivity index (χ0) is 16.1. The number of nitrogens with zero attached hydrogens (tertiary/aromatic N) is 1. The predicted molar refractivity (Wildman–Crippen MR) is 85.4 cm³/mol. The van der Waals surface area contributed by atoms with E-state index in [0.29, 0.717) is 36.2 Å². The summed E-state index contributed by atoms with van der Waals surface area (Å²) in [6, 6.07) is 4.91. The molecule has 7 heteroatoms. The van der Waals surface area contributed by atoms with Gasteiger partial charge in [-0.2, -0.15) is 0 Å². The quantitative estimate of drug-likeness (QED) is 0.519. The lowest BCUT2D eigenvalue weighted by Gasteiger charge is -2.09. The Morgan fingerprint density at radius 1 is 1.23 bits per heavy atom. The minimum absolute atomic E-state index is 0.213. The number of rotatable bonds is 6. The smallest absolute Gasteiger partial charge is 0.316 e. The van der Waals surface area contributed by atoms with E-state index in [0.717, 1.165) is 6.54 Å². The second-order valence-electron chi connectivity index (χ2n) is 4.84. The van der Waals surface area contributed by atoms with Crippen LogP contribution < -0.4 is 21.8 Å². The van der Waals surface area contributed by atoms with Gasteiger partial charge in [0.05, 0.1) is 11.0 Å². The Hall–Kier alpha value is -2.41. The molecule has 118 valence electrons. The Labute approximate surface area is 127 Å². The Balaban J connectivity index is 2.31. The largest absolute Gasteiger partial charge is 0.351 e. The van der Waals surface area contributed by atoms with Crippen molar-refractivity contribution in [2.75, 3.05) is 19.6 Å². The standard InChI is InChI=1S/C15H20N4O3/c1-3-16-7-8-17-13(20)10-5-6-12-11(9-10)18-14(21)15(22)19(12)4-2/h5-6,9,16H,3-4,7-8H2,1-2H3,(H,17,20)(H,18,21). The maximum Gasteiger partial charge on any atom is 0.316 e. The molecule has 7 nitrogen and oxygen atoms in total. The van der Waals surface area contributed by atoms with Gasteiger partial charge in [-0.1, -0.05) is 6.92 Å². The molecule has 0 fully saturated rings. The number of likely N-dealkylation sites (N-methyl/N-ethyl adjacent to an activating group) is 1. The van der Waals surface area contributed by atoms with Crippen LogP contribution >= 0.6 is 0 Å². The van der Waals surface area contributed by atoms with Gasteiger partial charge in [0.15, 0.2) is 0 Å². The van der Waals surface area contributed by atoms with Crippen molar-refractivity contribution in [1.82, 2.24) is 20.2 Å². The number of aryl methyl sites for hydroxylation is 1. The van der Waals surface area contributed by atoms with Crippen LogP contribution in [-0.2, 0) is 6.54 Å². The number of hydrogen-bond donors (Lipinski definition) is 3.